The molecule has 0 radical (unpaired) electrons. The molecule has 2 nitrogen and oxygen atoms in total. The Kier molecular flexibility index (Phi) is 3.32. The molecule has 0 aliphatic rings. The zero-order valence-corrected chi connectivity index (χ0v) is 12.0. The Morgan fingerprint density at radius 1 is 1.10 bits per heavy atom. The van der Waals surface area contributed by atoms with Crippen molar-refractivity contribution >= 4 is 11.3 Å². The minimum atomic E-state index is -0.197. The van der Waals surface area contributed by atoms with Crippen LogP contribution in [0.25, 0.3) is 21.8 Å². The molecule has 0 aliphatic carbocycles. The standard InChI is InChI=1S/C16H13FN2S/c1-10-5-6-18-8-13(10)15-9-20-16(19-15)12-4-3-11(2)14(17)7-12/h3-9H,1-2H3. The molecule has 2 aromatic heterocycles. The highest BCUT2D eigenvalue weighted by Gasteiger charge is 2.10. The van der Waals surface area contributed by atoms with Crippen molar-refractivity contribution < 1.29 is 4.39 Å². The monoisotopic (exact) mass is 284 g/mol. The minimum Gasteiger partial charge on any atom is -0.264 e. The van der Waals surface area contributed by atoms with Crippen LogP contribution in [0.4, 0.5) is 4.39 Å². The molecule has 4 heteroatoms. The third kappa shape index (κ3) is 2.34. The van der Waals surface area contributed by atoms with Gasteiger partial charge in [0, 0.05) is 28.9 Å². The second-order valence-corrected chi connectivity index (χ2v) is 5.55. The highest BCUT2D eigenvalue weighted by atomic mass is 32.1. The van der Waals surface area contributed by atoms with Gasteiger partial charge in [-0.25, -0.2) is 9.37 Å². The lowest BCUT2D eigenvalue weighted by Crippen LogP contribution is -1.86. The van der Waals surface area contributed by atoms with Crippen molar-refractivity contribution in [3.8, 4) is 21.8 Å². The second-order valence-electron chi connectivity index (χ2n) is 4.69. The van der Waals surface area contributed by atoms with Gasteiger partial charge in [-0.15, -0.1) is 11.3 Å². The first-order valence-electron chi connectivity index (χ1n) is 6.28. The summed E-state index contributed by atoms with van der Waals surface area (Å²) in [7, 11) is 0. The molecule has 0 saturated heterocycles. The van der Waals surface area contributed by atoms with E-state index < -0.39 is 0 Å². The van der Waals surface area contributed by atoms with Crippen molar-refractivity contribution in [1.29, 1.82) is 0 Å². The lowest BCUT2D eigenvalue weighted by molar-refractivity contribution is 0.619. The van der Waals surface area contributed by atoms with Gasteiger partial charge in [0.15, 0.2) is 0 Å². The van der Waals surface area contributed by atoms with Gasteiger partial charge in [-0.05, 0) is 37.1 Å². The van der Waals surface area contributed by atoms with Crippen molar-refractivity contribution in [3.05, 3.63) is 59.0 Å². The van der Waals surface area contributed by atoms with Crippen LogP contribution in [0.3, 0.4) is 0 Å². The highest BCUT2D eigenvalue weighted by molar-refractivity contribution is 7.13. The molecular weight excluding hydrogens is 271 g/mol. The van der Waals surface area contributed by atoms with E-state index in [-0.39, 0.29) is 5.82 Å². The second kappa shape index (κ2) is 5.13. The fourth-order valence-electron chi connectivity index (χ4n) is 1.99. The quantitative estimate of drug-likeness (QED) is 0.685. The zero-order valence-electron chi connectivity index (χ0n) is 11.2. The Labute approximate surface area is 121 Å². The molecule has 2 heterocycles. The van der Waals surface area contributed by atoms with Gasteiger partial charge in [0.25, 0.3) is 0 Å². The Balaban J connectivity index is 2.02. The third-order valence-electron chi connectivity index (χ3n) is 3.24. The molecule has 100 valence electrons. The number of rotatable bonds is 2. The number of hydrogen-bond acceptors (Lipinski definition) is 3. The first-order valence-corrected chi connectivity index (χ1v) is 7.16. The molecule has 20 heavy (non-hydrogen) atoms. The maximum Gasteiger partial charge on any atom is 0.126 e. The summed E-state index contributed by atoms with van der Waals surface area (Å²) in [6.07, 6.45) is 3.57. The summed E-state index contributed by atoms with van der Waals surface area (Å²) in [5.41, 5.74) is 4.49. The number of pyridine rings is 1. The SMILES string of the molecule is Cc1ccc(-c2nc(-c3cnccc3C)cs2)cc1F. The van der Waals surface area contributed by atoms with Crippen LogP contribution in [0.1, 0.15) is 11.1 Å². The summed E-state index contributed by atoms with van der Waals surface area (Å²) in [5.74, 6) is -0.197. The minimum absolute atomic E-state index is 0.197. The predicted octanol–water partition coefficient (Wildman–Crippen LogP) is 4.63. The number of halogens is 1. The molecule has 0 unspecified atom stereocenters. The molecule has 0 saturated carbocycles. The van der Waals surface area contributed by atoms with Crippen LogP contribution in [0, 0.1) is 19.7 Å². The molecule has 0 bridgehead atoms. The smallest absolute Gasteiger partial charge is 0.126 e. The fraction of sp³-hybridized carbons (Fsp3) is 0.125. The first-order chi connectivity index (χ1) is 9.65. The first kappa shape index (κ1) is 12.9. The molecule has 0 atom stereocenters. The maximum absolute atomic E-state index is 13.6. The van der Waals surface area contributed by atoms with E-state index in [1.54, 1.807) is 19.2 Å². The largest absolute Gasteiger partial charge is 0.264 e. The topological polar surface area (TPSA) is 25.8 Å². The summed E-state index contributed by atoms with van der Waals surface area (Å²) in [6, 6.07) is 7.17. The lowest BCUT2D eigenvalue weighted by Gasteiger charge is -2.01. The fourth-order valence-corrected chi connectivity index (χ4v) is 2.81. The van der Waals surface area contributed by atoms with Crippen molar-refractivity contribution in [1.82, 2.24) is 9.97 Å². The third-order valence-corrected chi connectivity index (χ3v) is 4.13. The van der Waals surface area contributed by atoms with E-state index in [1.165, 1.54) is 17.4 Å². The Morgan fingerprint density at radius 3 is 2.70 bits per heavy atom. The van der Waals surface area contributed by atoms with Crippen LogP contribution in [0.2, 0.25) is 0 Å². The molecule has 0 amide bonds. The number of aromatic nitrogens is 2. The number of aryl methyl sites for hydroxylation is 2. The zero-order chi connectivity index (χ0) is 14.1. The average Bonchev–Trinajstić information content (AvgIpc) is 2.92. The molecule has 0 aliphatic heterocycles. The summed E-state index contributed by atoms with van der Waals surface area (Å²) >= 11 is 1.52. The summed E-state index contributed by atoms with van der Waals surface area (Å²) < 4.78 is 13.6. The van der Waals surface area contributed by atoms with Crippen LogP contribution in [0.15, 0.2) is 42.0 Å². The Hall–Kier alpha value is -2.07. The number of nitrogens with zero attached hydrogens (tertiary/aromatic N) is 2. The van der Waals surface area contributed by atoms with Gasteiger partial charge in [0.2, 0.25) is 0 Å². The number of benzene rings is 1. The van der Waals surface area contributed by atoms with Crippen LogP contribution in [-0.2, 0) is 0 Å². The van der Waals surface area contributed by atoms with Gasteiger partial charge in [-0.1, -0.05) is 12.1 Å². The molecule has 3 rings (SSSR count). The van der Waals surface area contributed by atoms with Gasteiger partial charge in [0.1, 0.15) is 10.8 Å². The van der Waals surface area contributed by atoms with E-state index in [0.29, 0.717) is 5.56 Å². The highest BCUT2D eigenvalue weighted by Crippen LogP contribution is 2.30. The van der Waals surface area contributed by atoms with Gasteiger partial charge < -0.3 is 0 Å². The van der Waals surface area contributed by atoms with Crippen LogP contribution in [0.5, 0.6) is 0 Å². The van der Waals surface area contributed by atoms with E-state index >= 15 is 0 Å². The van der Waals surface area contributed by atoms with Crippen molar-refractivity contribution in [2.45, 2.75) is 13.8 Å². The van der Waals surface area contributed by atoms with Gasteiger partial charge >= 0.3 is 0 Å². The van der Waals surface area contributed by atoms with Crippen LogP contribution < -0.4 is 0 Å². The Bertz CT molecular complexity index is 765. The summed E-state index contributed by atoms with van der Waals surface area (Å²) in [4.78, 5) is 8.73. The lowest BCUT2D eigenvalue weighted by atomic mass is 10.1. The molecule has 0 N–H and O–H groups in total. The molecule has 0 fully saturated rings. The molecular formula is C16H13FN2S. The van der Waals surface area contributed by atoms with Crippen molar-refractivity contribution in [2.75, 3.05) is 0 Å². The summed E-state index contributed by atoms with van der Waals surface area (Å²) in [5, 5.41) is 2.80. The van der Waals surface area contributed by atoms with Crippen molar-refractivity contribution in [3.63, 3.8) is 0 Å². The maximum atomic E-state index is 13.6. The van der Waals surface area contributed by atoms with E-state index in [1.807, 2.05) is 30.6 Å². The number of hydrogen-bond donors (Lipinski definition) is 0. The molecule has 0 spiro atoms. The van der Waals surface area contributed by atoms with E-state index in [2.05, 4.69) is 9.97 Å². The normalized spacial score (nSPS) is 10.8. The van der Waals surface area contributed by atoms with Gasteiger partial charge in [-0.2, -0.15) is 0 Å². The Morgan fingerprint density at radius 2 is 1.95 bits per heavy atom. The summed E-state index contributed by atoms with van der Waals surface area (Å²) in [6.45, 7) is 3.78. The number of thiazole rings is 1. The van der Waals surface area contributed by atoms with Gasteiger partial charge in [-0.3, -0.25) is 4.98 Å². The van der Waals surface area contributed by atoms with E-state index in [4.69, 9.17) is 0 Å². The molecule has 3 aromatic rings. The molecule has 1 aromatic carbocycles. The van der Waals surface area contributed by atoms with Crippen LogP contribution in [-0.4, -0.2) is 9.97 Å². The predicted molar refractivity (Wildman–Crippen MR) is 80.2 cm³/mol. The van der Waals surface area contributed by atoms with E-state index in [9.17, 15) is 4.39 Å². The van der Waals surface area contributed by atoms with Crippen molar-refractivity contribution in [2.24, 2.45) is 0 Å². The van der Waals surface area contributed by atoms with E-state index in [0.717, 1.165) is 27.4 Å². The average molecular weight is 284 g/mol. The van der Waals surface area contributed by atoms with Gasteiger partial charge in [0.05, 0.1) is 5.69 Å². The van der Waals surface area contributed by atoms with Crippen LogP contribution >= 0.6 is 11.3 Å².